The molecule has 0 bridgehead atoms. The lowest BCUT2D eigenvalue weighted by Gasteiger charge is -2.37. The summed E-state index contributed by atoms with van der Waals surface area (Å²) in [5.74, 6) is 1.94. The van der Waals surface area contributed by atoms with E-state index >= 15 is 0 Å². The van der Waals surface area contributed by atoms with E-state index in [9.17, 15) is 0 Å². The van der Waals surface area contributed by atoms with Gasteiger partial charge >= 0.3 is 0 Å². The molecule has 2 aliphatic rings. The third kappa shape index (κ3) is 3.46. The second kappa shape index (κ2) is 5.31. The van der Waals surface area contributed by atoms with Crippen LogP contribution >= 0.6 is 0 Å². The van der Waals surface area contributed by atoms with Gasteiger partial charge in [0.15, 0.2) is 0 Å². The average molecular weight is 210 g/mol. The third-order valence-corrected chi connectivity index (χ3v) is 4.12. The maximum Gasteiger partial charge on any atom is 0.00696 e. The molecule has 0 aromatic heterocycles. The fourth-order valence-corrected chi connectivity index (χ4v) is 2.95. The molecule has 0 aromatic carbocycles. The van der Waals surface area contributed by atoms with Gasteiger partial charge in [-0.05, 0) is 57.5 Å². The molecular formula is C13H26N2. The number of piperidine rings is 1. The molecule has 88 valence electrons. The van der Waals surface area contributed by atoms with Crippen LogP contribution in [0.25, 0.3) is 0 Å². The maximum atomic E-state index is 5.65. The van der Waals surface area contributed by atoms with Gasteiger partial charge in [0.2, 0.25) is 0 Å². The first-order valence-corrected chi connectivity index (χ1v) is 6.73. The summed E-state index contributed by atoms with van der Waals surface area (Å²) >= 11 is 0. The van der Waals surface area contributed by atoms with Crippen molar-refractivity contribution in [3.05, 3.63) is 0 Å². The van der Waals surface area contributed by atoms with Crippen LogP contribution < -0.4 is 5.73 Å². The lowest BCUT2D eigenvalue weighted by atomic mass is 9.93. The molecule has 0 aromatic rings. The van der Waals surface area contributed by atoms with Crippen molar-refractivity contribution >= 4 is 0 Å². The topological polar surface area (TPSA) is 29.3 Å². The van der Waals surface area contributed by atoms with Gasteiger partial charge in [-0.1, -0.05) is 12.8 Å². The highest BCUT2D eigenvalue weighted by Gasteiger charge is 2.28. The molecule has 1 saturated heterocycles. The van der Waals surface area contributed by atoms with Gasteiger partial charge in [-0.25, -0.2) is 0 Å². The zero-order valence-corrected chi connectivity index (χ0v) is 10.1. The Labute approximate surface area is 94.2 Å². The highest BCUT2D eigenvalue weighted by Crippen LogP contribution is 2.35. The second-order valence-electron chi connectivity index (χ2n) is 5.61. The zero-order chi connectivity index (χ0) is 10.7. The molecule has 2 rings (SSSR count). The first-order chi connectivity index (χ1) is 7.29. The number of nitrogens with zero attached hydrogens (tertiary/aromatic N) is 1. The molecule has 2 heteroatoms. The highest BCUT2D eigenvalue weighted by atomic mass is 15.2. The minimum Gasteiger partial charge on any atom is -0.330 e. The van der Waals surface area contributed by atoms with Gasteiger partial charge in [-0.3, -0.25) is 0 Å². The van der Waals surface area contributed by atoms with E-state index in [1.807, 2.05) is 0 Å². The number of likely N-dealkylation sites (tertiary alicyclic amines) is 1. The minimum absolute atomic E-state index is 0.818. The summed E-state index contributed by atoms with van der Waals surface area (Å²) in [6, 6.07) is 0.818. The molecule has 15 heavy (non-hydrogen) atoms. The Morgan fingerprint density at radius 3 is 2.73 bits per heavy atom. The third-order valence-electron chi connectivity index (χ3n) is 4.12. The Bertz CT molecular complexity index is 187. The zero-order valence-electron chi connectivity index (χ0n) is 10.1. The first-order valence-electron chi connectivity index (χ1n) is 6.73. The lowest BCUT2D eigenvalue weighted by Crippen LogP contribution is -2.42. The van der Waals surface area contributed by atoms with Gasteiger partial charge in [0.25, 0.3) is 0 Å². The normalized spacial score (nSPS) is 30.4. The molecule has 0 radical (unpaired) electrons. The SMILES string of the molecule is CC(CC1CC1)N1CCCC(CCN)C1. The van der Waals surface area contributed by atoms with Crippen molar-refractivity contribution in [2.24, 2.45) is 17.6 Å². The van der Waals surface area contributed by atoms with Crippen LogP contribution in [0.5, 0.6) is 0 Å². The maximum absolute atomic E-state index is 5.65. The fraction of sp³-hybridized carbons (Fsp3) is 1.00. The van der Waals surface area contributed by atoms with Crippen LogP contribution in [0.4, 0.5) is 0 Å². The van der Waals surface area contributed by atoms with E-state index < -0.39 is 0 Å². The molecule has 2 fully saturated rings. The van der Waals surface area contributed by atoms with E-state index in [0.29, 0.717) is 0 Å². The van der Waals surface area contributed by atoms with Gasteiger partial charge in [0.05, 0.1) is 0 Å². The van der Waals surface area contributed by atoms with Gasteiger partial charge in [-0.15, -0.1) is 0 Å². The molecule has 2 unspecified atom stereocenters. The van der Waals surface area contributed by atoms with Crippen molar-refractivity contribution in [3.63, 3.8) is 0 Å². The summed E-state index contributed by atoms with van der Waals surface area (Å²) in [6.45, 7) is 5.93. The van der Waals surface area contributed by atoms with Crippen LogP contribution in [0.3, 0.4) is 0 Å². The number of hydrogen-bond donors (Lipinski definition) is 1. The summed E-state index contributed by atoms with van der Waals surface area (Å²) in [4.78, 5) is 2.71. The van der Waals surface area contributed by atoms with E-state index in [2.05, 4.69) is 11.8 Å². The fourth-order valence-electron chi connectivity index (χ4n) is 2.95. The van der Waals surface area contributed by atoms with E-state index in [4.69, 9.17) is 5.73 Å². The molecule has 1 saturated carbocycles. The summed E-state index contributed by atoms with van der Waals surface area (Å²) in [6.07, 6.45) is 8.44. The van der Waals surface area contributed by atoms with Crippen molar-refractivity contribution in [2.75, 3.05) is 19.6 Å². The Balaban J connectivity index is 1.74. The molecule has 2 atom stereocenters. The van der Waals surface area contributed by atoms with Crippen LogP contribution in [0.2, 0.25) is 0 Å². The van der Waals surface area contributed by atoms with E-state index in [-0.39, 0.29) is 0 Å². The predicted molar refractivity (Wildman–Crippen MR) is 64.8 cm³/mol. The van der Waals surface area contributed by atoms with Crippen molar-refractivity contribution in [1.29, 1.82) is 0 Å². The standard InChI is InChI=1S/C13H26N2/c1-11(9-12-4-5-12)15-8-2-3-13(10-15)6-7-14/h11-13H,2-10,14H2,1H3. The van der Waals surface area contributed by atoms with Gasteiger partial charge in [-0.2, -0.15) is 0 Å². The van der Waals surface area contributed by atoms with Crippen molar-refractivity contribution in [2.45, 2.75) is 51.5 Å². The van der Waals surface area contributed by atoms with Crippen LogP contribution in [-0.2, 0) is 0 Å². The Hall–Kier alpha value is -0.0800. The predicted octanol–water partition coefficient (Wildman–Crippen LogP) is 2.24. The number of nitrogens with two attached hydrogens (primary N) is 1. The van der Waals surface area contributed by atoms with Crippen molar-refractivity contribution in [1.82, 2.24) is 4.90 Å². The molecule has 1 heterocycles. The number of rotatable bonds is 5. The van der Waals surface area contributed by atoms with Crippen molar-refractivity contribution in [3.8, 4) is 0 Å². The molecule has 1 aliphatic heterocycles. The van der Waals surface area contributed by atoms with Crippen LogP contribution in [0.15, 0.2) is 0 Å². The molecular weight excluding hydrogens is 184 g/mol. The molecule has 2 N–H and O–H groups in total. The van der Waals surface area contributed by atoms with Gasteiger partial charge < -0.3 is 10.6 Å². The quantitative estimate of drug-likeness (QED) is 0.754. The van der Waals surface area contributed by atoms with Crippen LogP contribution in [0.1, 0.15) is 45.4 Å². The van der Waals surface area contributed by atoms with Gasteiger partial charge in [0.1, 0.15) is 0 Å². The summed E-state index contributed by atoms with van der Waals surface area (Å²) < 4.78 is 0. The van der Waals surface area contributed by atoms with E-state index in [1.54, 1.807) is 0 Å². The van der Waals surface area contributed by atoms with Gasteiger partial charge in [0, 0.05) is 12.6 Å². The minimum atomic E-state index is 0.818. The van der Waals surface area contributed by atoms with Crippen LogP contribution in [0, 0.1) is 11.8 Å². The average Bonchev–Trinajstić information content (AvgIpc) is 3.03. The van der Waals surface area contributed by atoms with E-state index in [0.717, 1.165) is 24.4 Å². The Morgan fingerprint density at radius 1 is 1.27 bits per heavy atom. The Kier molecular flexibility index (Phi) is 4.04. The Morgan fingerprint density at radius 2 is 2.07 bits per heavy atom. The largest absolute Gasteiger partial charge is 0.330 e. The smallest absolute Gasteiger partial charge is 0.00696 e. The monoisotopic (exact) mass is 210 g/mol. The van der Waals surface area contributed by atoms with Crippen molar-refractivity contribution < 1.29 is 0 Å². The first kappa shape index (κ1) is 11.4. The molecule has 0 spiro atoms. The second-order valence-corrected chi connectivity index (χ2v) is 5.61. The van der Waals surface area contributed by atoms with E-state index in [1.165, 1.54) is 51.6 Å². The summed E-state index contributed by atoms with van der Waals surface area (Å²) in [5.41, 5.74) is 5.65. The summed E-state index contributed by atoms with van der Waals surface area (Å²) in [5, 5.41) is 0. The molecule has 0 amide bonds. The number of hydrogen-bond acceptors (Lipinski definition) is 2. The molecule has 2 nitrogen and oxygen atoms in total. The molecule has 1 aliphatic carbocycles. The lowest BCUT2D eigenvalue weighted by molar-refractivity contribution is 0.120. The highest BCUT2D eigenvalue weighted by molar-refractivity contribution is 4.82. The van der Waals surface area contributed by atoms with Crippen LogP contribution in [-0.4, -0.2) is 30.6 Å². The summed E-state index contributed by atoms with van der Waals surface area (Å²) in [7, 11) is 0.